The van der Waals surface area contributed by atoms with Gasteiger partial charge in [0.15, 0.2) is 0 Å². The molecule has 0 radical (unpaired) electrons. The van der Waals surface area contributed by atoms with E-state index in [9.17, 15) is 4.79 Å². The Morgan fingerprint density at radius 3 is 2.95 bits per heavy atom. The number of aliphatic hydroxyl groups is 1. The van der Waals surface area contributed by atoms with E-state index in [-0.39, 0.29) is 12.2 Å². The van der Waals surface area contributed by atoms with Crippen LogP contribution in [0.3, 0.4) is 0 Å². The molecule has 3 aromatic rings. The van der Waals surface area contributed by atoms with E-state index < -0.39 is 0 Å². The molecule has 0 aliphatic carbocycles. The topological polar surface area (TPSA) is 98.2 Å². The second-order valence-corrected chi connectivity index (χ2v) is 5.24. The molecule has 0 saturated heterocycles. The van der Waals surface area contributed by atoms with Gasteiger partial charge in [-0.25, -0.2) is 9.67 Å². The van der Waals surface area contributed by atoms with E-state index in [2.05, 4.69) is 20.4 Å². The summed E-state index contributed by atoms with van der Waals surface area (Å²) >= 11 is 1.40. The fraction of sp³-hybridized carbons (Fsp3) is 0.364. The molecule has 0 spiro atoms. The lowest BCUT2D eigenvalue weighted by molar-refractivity contribution is 0.276. The highest BCUT2D eigenvalue weighted by molar-refractivity contribution is 7.16. The number of hydrogen-bond acceptors (Lipinski definition) is 7. The molecule has 0 amide bonds. The molecule has 0 atom stereocenters. The van der Waals surface area contributed by atoms with Crippen molar-refractivity contribution in [3.63, 3.8) is 0 Å². The van der Waals surface area contributed by atoms with Crippen LogP contribution in [0.2, 0.25) is 0 Å². The van der Waals surface area contributed by atoms with Crippen LogP contribution in [0, 0.1) is 0 Å². The zero-order valence-electron chi connectivity index (χ0n) is 10.7. The van der Waals surface area contributed by atoms with Crippen LogP contribution in [0.15, 0.2) is 17.1 Å². The highest BCUT2D eigenvalue weighted by atomic mass is 32.1. The monoisotopic (exact) mass is 292 g/mol. The Morgan fingerprint density at radius 1 is 1.40 bits per heavy atom. The van der Waals surface area contributed by atoms with Crippen molar-refractivity contribution in [1.29, 1.82) is 0 Å². The van der Waals surface area contributed by atoms with Gasteiger partial charge in [-0.05, 0) is 6.42 Å². The second-order valence-electron chi connectivity index (χ2n) is 4.20. The Labute approximate surface area is 117 Å². The van der Waals surface area contributed by atoms with E-state index in [1.54, 1.807) is 6.20 Å². The first-order valence-corrected chi connectivity index (χ1v) is 6.89. The summed E-state index contributed by atoms with van der Waals surface area (Å²) in [6.45, 7) is 2.15. The van der Waals surface area contributed by atoms with Crippen molar-refractivity contribution < 1.29 is 5.11 Å². The summed E-state index contributed by atoms with van der Waals surface area (Å²) in [5.74, 6) is 0. The smallest absolute Gasteiger partial charge is 0.275 e. The fourth-order valence-corrected chi connectivity index (χ4v) is 2.63. The molecule has 0 aliphatic heterocycles. The molecule has 0 aromatic carbocycles. The van der Waals surface area contributed by atoms with Crippen molar-refractivity contribution in [2.75, 3.05) is 0 Å². The average molecular weight is 292 g/mol. The third-order valence-electron chi connectivity index (χ3n) is 2.71. The predicted octanol–water partition coefficient (Wildman–Crippen LogP) is -0.154. The molecular formula is C11H12N6O2S. The molecule has 104 valence electrons. The van der Waals surface area contributed by atoms with Gasteiger partial charge < -0.3 is 5.11 Å². The van der Waals surface area contributed by atoms with Crippen LogP contribution in [0.5, 0.6) is 0 Å². The Bertz CT molecular complexity index is 805. The second kappa shape index (κ2) is 5.10. The van der Waals surface area contributed by atoms with Crippen molar-refractivity contribution in [3.05, 3.63) is 39.0 Å². The van der Waals surface area contributed by atoms with Gasteiger partial charge in [0.1, 0.15) is 10.7 Å². The van der Waals surface area contributed by atoms with E-state index in [0.717, 1.165) is 11.4 Å². The van der Waals surface area contributed by atoms with Gasteiger partial charge in [-0.15, -0.1) is 5.10 Å². The van der Waals surface area contributed by atoms with Crippen LogP contribution in [-0.4, -0.2) is 34.7 Å². The van der Waals surface area contributed by atoms with E-state index in [4.69, 9.17) is 5.11 Å². The standard InChI is InChI=1S/C11H12N6O2S/c1-2-9-14-17-10(19)3-7(12-11(17)20-9)4-16-5-8(6-18)13-15-16/h3,5,18H,2,4,6H2,1H3. The molecule has 8 nitrogen and oxygen atoms in total. The molecule has 0 saturated carbocycles. The average Bonchev–Trinajstić information content (AvgIpc) is 3.05. The summed E-state index contributed by atoms with van der Waals surface area (Å²) in [7, 11) is 0. The summed E-state index contributed by atoms with van der Waals surface area (Å²) in [4.78, 5) is 16.9. The minimum Gasteiger partial charge on any atom is -0.390 e. The Kier molecular flexibility index (Phi) is 3.28. The fourth-order valence-electron chi connectivity index (χ4n) is 1.77. The molecule has 0 fully saturated rings. The minimum atomic E-state index is -0.205. The molecule has 3 heterocycles. The summed E-state index contributed by atoms with van der Waals surface area (Å²) in [6, 6.07) is 1.44. The third kappa shape index (κ3) is 2.32. The van der Waals surface area contributed by atoms with Crippen molar-refractivity contribution >= 4 is 16.3 Å². The Hall–Kier alpha value is -2.13. The predicted molar refractivity (Wildman–Crippen MR) is 71.6 cm³/mol. The molecule has 9 heteroatoms. The van der Waals surface area contributed by atoms with Gasteiger partial charge in [0.2, 0.25) is 4.96 Å². The highest BCUT2D eigenvalue weighted by Crippen LogP contribution is 2.12. The number of fused-ring (bicyclic) bond motifs is 1. The van der Waals surface area contributed by atoms with Gasteiger partial charge in [0.05, 0.1) is 25.0 Å². The Balaban J connectivity index is 1.97. The largest absolute Gasteiger partial charge is 0.390 e. The molecule has 0 bridgehead atoms. The SMILES string of the molecule is CCc1nn2c(=O)cc(Cn3cc(CO)nn3)nc2s1. The zero-order valence-corrected chi connectivity index (χ0v) is 11.5. The summed E-state index contributed by atoms with van der Waals surface area (Å²) in [5, 5.41) is 21.6. The van der Waals surface area contributed by atoms with Crippen LogP contribution >= 0.6 is 11.3 Å². The maximum atomic E-state index is 12.0. The zero-order chi connectivity index (χ0) is 14.1. The first-order chi connectivity index (χ1) is 9.69. The maximum Gasteiger partial charge on any atom is 0.275 e. The number of aliphatic hydroxyl groups excluding tert-OH is 1. The van der Waals surface area contributed by atoms with Crippen LogP contribution in [0.4, 0.5) is 0 Å². The van der Waals surface area contributed by atoms with Gasteiger partial charge >= 0.3 is 0 Å². The normalized spacial score (nSPS) is 11.3. The molecule has 3 rings (SSSR count). The highest BCUT2D eigenvalue weighted by Gasteiger charge is 2.09. The van der Waals surface area contributed by atoms with E-state index in [1.165, 1.54) is 26.6 Å². The van der Waals surface area contributed by atoms with Crippen molar-refractivity contribution in [1.82, 2.24) is 29.6 Å². The van der Waals surface area contributed by atoms with Crippen LogP contribution in [0.25, 0.3) is 4.96 Å². The van der Waals surface area contributed by atoms with Crippen molar-refractivity contribution in [3.8, 4) is 0 Å². The number of aromatic nitrogens is 6. The number of rotatable bonds is 4. The first-order valence-electron chi connectivity index (χ1n) is 6.08. The van der Waals surface area contributed by atoms with Gasteiger partial charge in [0.25, 0.3) is 5.56 Å². The molecular weight excluding hydrogens is 280 g/mol. The molecule has 3 aromatic heterocycles. The quantitative estimate of drug-likeness (QED) is 0.718. The van der Waals surface area contributed by atoms with Crippen LogP contribution < -0.4 is 5.56 Å². The molecule has 0 unspecified atom stereocenters. The van der Waals surface area contributed by atoms with Crippen molar-refractivity contribution in [2.45, 2.75) is 26.5 Å². The number of hydrogen-bond donors (Lipinski definition) is 1. The van der Waals surface area contributed by atoms with E-state index in [0.29, 0.717) is 22.9 Å². The van der Waals surface area contributed by atoms with Crippen molar-refractivity contribution in [2.24, 2.45) is 0 Å². The molecule has 1 N–H and O–H groups in total. The number of nitrogens with zero attached hydrogens (tertiary/aromatic N) is 6. The summed E-state index contributed by atoms with van der Waals surface area (Å²) in [5.41, 5.74) is 0.869. The van der Waals surface area contributed by atoms with Gasteiger partial charge in [-0.3, -0.25) is 4.79 Å². The maximum absolute atomic E-state index is 12.0. The van der Waals surface area contributed by atoms with Crippen LogP contribution in [-0.2, 0) is 19.6 Å². The lowest BCUT2D eigenvalue weighted by Gasteiger charge is -1.99. The van der Waals surface area contributed by atoms with E-state index >= 15 is 0 Å². The third-order valence-corrected chi connectivity index (χ3v) is 3.77. The van der Waals surface area contributed by atoms with Gasteiger partial charge in [0, 0.05) is 6.07 Å². The lowest BCUT2D eigenvalue weighted by Crippen LogP contribution is -2.17. The minimum absolute atomic E-state index is 0.163. The lowest BCUT2D eigenvalue weighted by atomic mass is 10.4. The van der Waals surface area contributed by atoms with Gasteiger partial charge in [-0.2, -0.15) is 9.61 Å². The Morgan fingerprint density at radius 2 is 2.25 bits per heavy atom. The first kappa shape index (κ1) is 12.9. The molecule has 0 aliphatic rings. The van der Waals surface area contributed by atoms with E-state index in [1.807, 2.05) is 6.92 Å². The van der Waals surface area contributed by atoms with Gasteiger partial charge in [-0.1, -0.05) is 23.5 Å². The number of aryl methyl sites for hydroxylation is 1. The van der Waals surface area contributed by atoms with Crippen LogP contribution in [0.1, 0.15) is 23.3 Å². The summed E-state index contributed by atoms with van der Waals surface area (Å²) in [6.07, 6.45) is 2.39. The summed E-state index contributed by atoms with van der Waals surface area (Å²) < 4.78 is 2.85. The molecule has 20 heavy (non-hydrogen) atoms.